The molecule has 0 aromatic carbocycles. The summed E-state index contributed by atoms with van der Waals surface area (Å²) in [6, 6.07) is 3.39. The van der Waals surface area contributed by atoms with Crippen molar-refractivity contribution < 1.29 is 8.78 Å². The number of aromatic nitrogens is 3. The van der Waals surface area contributed by atoms with Crippen LogP contribution in [0.25, 0.3) is 5.65 Å². The van der Waals surface area contributed by atoms with Crippen LogP contribution in [-0.2, 0) is 0 Å². The summed E-state index contributed by atoms with van der Waals surface area (Å²) in [5.41, 5.74) is 0.977. The van der Waals surface area contributed by atoms with Crippen LogP contribution in [0.1, 0.15) is 17.8 Å². The van der Waals surface area contributed by atoms with Gasteiger partial charge in [0.25, 0.3) is 6.43 Å². The Balaban J connectivity index is 2.62. The molecule has 0 radical (unpaired) electrons. The molecule has 0 unspecified atom stereocenters. The highest BCUT2D eigenvalue weighted by molar-refractivity contribution is 5.38. The van der Waals surface area contributed by atoms with Crippen molar-refractivity contribution in [2.75, 3.05) is 0 Å². The molecule has 3 nitrogen and oxygen atoms in total. The van der Waals surface area contributed by atoms with Gasteiger partial charge in [0.15, 0.2) is 5.65 Å². The molecule has 2 aromatic rings. The average Bonchev–Trinajstić information content (AvgIpc) is 2.46. The molecular formula is C8H7F2N3. The Kier molecular flexibility index (Phi) is 1.72. The summed E-state index contributed by atoms with van der Waals surface area (Å²) in [7, 11) is 0. The molecule has 0 aliphatic carbocycles. The molecule has 2 aromatic heterocycles. The smallest absolute Gasteiger partial charge is 0.226 e. The molecule has 0 saturated heterocycles. The van der Waals surface area contributed by atoms with Crippen LogP contribution in [0.4, 0.5) is 8.78 Å². The summed E-state index contributed by atoms with van der Waals surface area (Å²) >= 11 is 0. The van der Waals surface area contributed by atoms with Crippen molar-refractivity contribution in [3.8, 4) is 0 Å². The fraction of sp³-hybridized carbons (Fsp3) is 0.250. The van der Waals surface area contributed by atoms with Gasteiger partial charge >= 0.3 is 0 Å². The number of halogens is 2. The number of aryl methyl sites for hydroxylation is 1. The van der Waals surface area contributed by atoms with Crippen molar-refractivity contribution in [2.24, 2.45) is 0 Å². The molecular weight excluding hydrogens is 176 g/mol. The first-order valence-corrected chi connectivity index (χ1v) is 3.78. The maximum atomic E-state index is 12.2. The Labute approximate surface area is 73.0 Å². The minimum absolute atomic E-state index is 0.238. The predicted octanol–water partition coefficient (Wildman–Crippen LogP) is 1.98. The largest absolute Gasteiger partial charge is 0.281 e. The lowest BCUT2D eigenvalue weighted by molar-refractivity contribution is 0.146. The summed E-state index contributed by atoms with van der Waals surface area (Å²) in [6.07, 6.45) is -1.30. The third kappa shape index (κ3) is 1.37. The van der Waals surface area contributed by atoms with Crippen molar-refractivity contribution in [3.63, 3.8) is 0 Å². The topological polar surface area (TPSA) is 30.2 Å². The zero-order valence-corrected chi connectivity index (χ0v) is 6.91. The molecule has 5 heteroatoms. The van der Waals surface area contributed by atoms with Gasteiger partial charge in [-0.05, 0) is 19.1 Å². The highest BCUT2D eigenvalue weighted by Gasteiger charge is 2.11. The van der Waals surface area contributed by atoms with Gasteiger partial charge in [0.2, 0.25) is 0 Å². The van der Waals surface area contributed by atoms with Gasteiger partial charge in [-0.15, -0.1) is 0 Å². The van der Waals surface area contributed by atoms with Crippen molar-refractivity contribution in [1.82, 2.24) is 14.6 Å². The van der Waals surface area contributed by atoms with E-state index in [1.807, 2.05) is 0 Å². The van der Waals surface area contributed by atoms with Crippen LogP contribution in [0, 0.1) is 6.92 Å². The zero-order valence-electron chi connectivity index (χ0n) is 6.91. The molecule has 0 saturated carbocycles. The molecule has 0 spiro atoms. The molecule has 68 valence electrons. The average molecular weight is 183 g/mol. The van der Waals surface area contributed by atoms with E-state index in [0.717, 1.165) is 5.69 Å². The molecule has 0 aliphatic rings. The number of alkyl halides is 2. The van der Waals surface area contributed by atoms with E-state index in [-0.39, 0.29) is 5.69 Å². The molecule has 0 N–H and O–H groups in total. The second kappa shape index (κ2) is 2.76. The Bertz CT molecular complexity index is 436. The number of rotatable bonds is 1. The third-order valence-electron chi connectivity index (χ3n) is 1.70. The molecule has 0 fully saturated rings. The second-order valence-electron chi connectivity index (χ2n) is 2.74. The van der Waals surface area contributed by atoms with Crippen molar-refractivity contribution in [1.29, 1.82) is 0 Å². The van der Waals surface area contributed by atoms with Crippen LogP contribution in [-0.4, -0.2) is 14.6 Å². The van der Waals surface area contributed by atoms with E-state index in [1.54, 1.807) is 19.1 Å². The summed E-state index contributed by atoms with van der Waals surface area (Å²) < 4.78 is 25.8. The Hall–Kier alpha value is -1.52. The zero-order chi connectivity index (χ0) is 9.42. The van der Waals surface area contributed by atoms with Crippen LogP contribution in [0.3, 0.4) is 0 Å². The lowest BCUT2D eigenvalue weighted by atomic mass is 10.4. The highest BCUT2D eigenvalue weighted by atomic mass is 19.3. The summed E-state index contributed by atoms with van der Waals surface area (Å²) in [5.74, 6) is 0. The highest BCUT2D eigenvalue weighted by Crippen LogP contribution is 2.17. The van der Waals surface area contributed by atoms with Gasteiger partial charge in [-0.3, -0.25) is 0 Å². The van der Waals surface area contributed by atoms with Gasteiger partial charge in [0.1, 0.15) is 5.69 Å². The van der Waals surface area contributed by atoms with Gasteiger partial charge in [0, 0.05) is 0 Å². The first-order valence-electron chi connectivity index (χ1n) is 3.78. The molecule has 2 rings (SSSR count). The van der Waals surface area contributed by atoms with E-state index < -0.39 is 6.43 Å². The first-order chi connectivity index (χ1) is 6.16. The fourth-order valence-electron chi connectivity index (χ4n) is 1.10. The Morgan fingerprint density at radius 2 is 2.15 bits per heavy atom. The molecule has 0 bridgehead atoms. The van der Waals surface area contributed by atoms with Crippen LogP contribution in [0.5, 0.6) is 0 Å². The first kappa shape index (κ1) is 8.10. The Morgan fingerprint density at radius 1 is 1.38 bits per heavy atom. The molecule has 0 amide bonds. The van der Waals surface area contributed by atoms with Crippen molar-refractivity contribution in [2.45, 2.75) is 13.3 Å². The van der Waals surface area contributed by atoms with Gasteiger partial charge in [-0.25, -0.2) is 18.3 Å². The van der Waals surface area contributed by atoms with Gasteiger partial charge in [-0.1, -0.05) is 0 Å². The summed E-state index contributed by atoms with van der Waals surface area (Å²) in [5, 5.41) is 4.00. The maximum Gasteiger partial charge on any atom is 0.281 e. The van der Waals surface area contributed by atoms with Gasteiger partial charge in [0.05, 0.1) is 11.9 Å². The number of nitrogens with zero attached hydrogens (tertiary/aromatic N) is 3. The van der Waals surface area contributed by atoms with E-state index in [1.165, 1.54) is 10.7 Å². The number of imidazole rings is 1. The van der Waals surface area contributed by atoms with Crippen molar-refractivity contribution >= 4 is 5.65 Å². The molecule has 0 aliphatic heterocycles. The monoisotopic (exact) mass is 183 g/mol. The van der Waals surface area contributed by atoms with E-state index in [9.17, 15) is 8.78 Å². The molecule has 13 heavy (non-hydrogen) atoms. The molecule has 0 atom stereocenters. The second-order valence-corrected chi connectivity index (χ2v) is 2.74. The predicted molar refractivity (Wildman–Crippen MR) is 42.7 cm³/mol. The SMILES string of the molecule is Cc1ccc2nc(C(F)F)cn2n1. The van der Waals surface area contributed by atoms with Crippen molar-refractivity contribution in [3.05, 3.63) is 29.7 Å². The minimum Gasteiger partial charge on any atom is -0.226 e. The maximum absolute atomic E-state index is 12.2. The normalized spacial score (nSPS) is 11.4. The Morgan fingerprint density at radius 3 is 2.85 bits per heavy atom. The van der Waals surface area contributed by atoms with Crippen LogP contribution >= 0.6 is 0 Å². The fourth-order valence-corrected chi connectivity index (χ4v) is 1.10. The summed E-state index contributed by atoms with van der Waals surface area (Å²) in [4.78, 5) is 3.70. The molecule has 2 heterocycles. The van der Waals surface area contributed by atoms with E-state index >= 15 is 0 Å². The number of fused-ring (bicyclic) bond motifs is 1. The van der Waals surface area contributed by atoms with Crippen LogP contribution in [0.15, 0.2) is 18.3 Å². The van der Waals surface area contributed by atoms with Crippen LogP contribution < -0.4 is 0 Å². The third-order valence-corrected chi connectivity index (χ3v) is 1.70. The lowest BCUT2D eigenvalue weighted by Gasteiger charge is -1.91. The summed E-state index contributed by atoms with van der Waals surface area (Å²) in [6.45, 7) is 1.79. The minimum atomic E-state index is -2.54. The standard InChI is InChI=1S/C8H7F2N3/c1-5-2-3-7-11-6(8(9)10)4-13(7)12-5/h2-4,8H,1H3. The van der Waals surface area contributed by atoms with E-state index in [0.29, 0.717) is 5.65 Å². The number of hydrogen-bond donors (Lipinski definition) is 0. The quantitative estimate of drug-likeness (QED) is 0.676. The van der Waals surface area contributed by atoms with Crippen LogP contribution in [0.2, 0.25) is 0 Å². The van der Waals surface area contributed by atoms with Gasteiger partial charge < -0.3 is 0 Å². The number of hydrogen-bond acceptors (Lipinski definition) is 2. The lowest BCUT2D eigenvalue weighted by Crippen LogP contribution is -1.91. The van der Waals surface area contributed by atoms with E-state index in [4.69, 9.17) is 0 Å². The van der Waals surface area contributed by atoms with Gasteiger partial charge in [-0.2, -0.15) is 5.10 Å². The van der Waals surface area contributed by atoms with E-state index in [2.05, 4.69) is 10.1 Å².